The van der Waals surface area contributed by atoms with Gasteiger partial charge in [0.2, 0.25) is 0 Å². The van der Waals surface area contributed by atoms with Crippen LogP contribution >= 0.6 is 0 Å². The van der Waals surface area contributed by atoms with Gasteiger partial charge in [-0.3, -0.25) is 14.4 Å². The van der Waals surface area contributed by atoms with Gasteiger partial charge in [-0.1, -0.05) is 6.07 Å². The van der Waals surface area contributed by atoms with Gasteiger partial charge in [-0.15, -0.1) is 0 Å². The molecule has 26 heavy (non-hydrogen) atoms. The number of esters is 3. The van der Waals surface area contributed by atoms with Crippen LogP contribution in [-0.2, 0) is 36.7 Å². The summed E-state index contributed by atoms with van der Waals surface area (Å²) in [5, 5.41) is 0. The molecule has 0 spiro atoms. The van der Waals surface area contributed by atoms with E-state index in [0.717, 1.165) is 11.1 Å². The molecule has 0 saturated carbocycles. The first-order chi connectivity index (χ1) is 12.4. The largest absolute Gasteiger partial charge is 0.466 e. The maximum Gasteiger partial charge on any atom is 0.308 e. The van der Waals surface area contributed by atoms with Gasteiger partial charge in [0.25, 0.3) is 0 Å². The van der Waals surface area contributed by atoms with E-state index in [9.17, 15) is 14.4 Å². The average Bonchev–Trinajstić information content (AvgIpc) is 2.54. The Kier molecular flexibility index (Phi) is 10.1. The Labute approximate surface area is 154 Å². The standard InChI is InChI=1S/C20H28O6/c1-4-24-19(22)10-6-8-16-12-17(9-7-11-20(23)25-5-2)14-18(13-16)26-15(3)21/h12-14H,4-11H2,1-3H3. The lowest BCUT2D eigenvalue weighted by atomic mass is 10.0. The molecule has 1 aromatic carbocycles. The highest BCUT2D eigenvalue weighted by molar-refractivity contribution is 5.70. The van der Waals surface area contributed by atoms with Crippen LogP contribution in [0.25, 0.3) is 0 Å². The fourth-order valence-electron chi connectivity index (χ4n) is 2.58. The van der Waals surface area contributed by atoms with Crippen LogP contribution in [0.4, 0.5) is 0 Å². The number of aryl methyl sites for hydroxylation is 2. The highest BCUT2D eigenvalue weighted by Gasteiger charge is 2.08. The van der Waals surface area contributed by atoms with E-state index < -0.39 is 0 Å². The second-order valence-corrected chi connectivity index (χ2v) is 5.90. The summed E-state index contributed by atoms with van der Waals surface area (Å²) < 4.78 is 15.1. The monoisotopic (exact) mass is 364 g/mol. The Morgan fingerprint density at radius 3 is 1.65 bits per heavy atom. The van der Waals surface area contributed by atoms with Gasteiger partial charge >= 0.3 is 17.9 Å². The van der Waals surface area contributed by atoms with Gasteiger partial charge in [-0.25, -0.2) is 0 Å². The Morgan fingerprint density at radius 2 is 1.27 bits per heavy atom. The molecule has 0 N–H and O–H groups in total. The van der Waals surface area contributed by atoms with Crippen molar-refractivity contribution in [3.8, 4) is 5.75 Å². The average molecular weight is 364 g/mol. The maximum atomic E-state index is 11.4. The molecule has 0 saturated heterocycles. The molecule has 6 nitrogen and oxygen atoms in total. The Bertz CT molecular complexity index is 566. The van der Waals surface area contributed by atoms with Crippen LogP contribution in [0, 0.1) is 0 Å². The summed E-state index contributed by atoms with van der Waals surface area (Å²) in [5.41, 5.74) is 1.97. The number of hydrogen-bond donors (Lipinski definition) is 0. The number of carbonyl (C=O) groups is 3. The molecule has 144 valence electrons. The molecule has 0 unspecified atom stereocenters. The van der Waals surface area contributed by atoms with Gasteiger partial charge in [0.15, 0.2) is 0 Å². The van der Waals surface area contributed by atoms with E-state index in [0.29, 0.717) is 57.5 Å². The van der Waals surface area contributed by atoms with E-state index in [1.165, 1.54) is 6.92 Å². The highest BCUT2D eigenvalue weighted by atomic mass is 16.5. The van der Waals surface area contributed by atoms with E-state index in [-0.39, 0.29) is 17.9 Å². The summed E-state index contributed by atoms with van der Waals surface area (Å²) in [4.78, 5) is 34.1. The number of benzene rings is 1. The SMILES string of the molecule is CCOC(=O)CCCc1cc(CCCC(=O)OCC)cc(OC(C)=O)c1. The first kappa shape index (κ1) is 21.7. The molecule has 1 rings (SSSR count). The highest BCUT2D eigenvalue weighted by Crippen LogP contribution is 2.21. The summed E-state index contributed by atoms with van der Waals surface area (Å²) >= 11 is 0. The lowest BCUT2D eigenvalue weighted by Crippen LogP contribution is -2.06. The molecule has 6 heteroatoms. The minimum absolute atomic E-state index is 0.210. The van der Waals surface area contributed by atoms with E-state index in [4.69, 9.17) is 14.2 Å². The third-order valence-electron chi connectivity index (χ3n) is 3.59. The molecule has 0 aliphatic carbocycles. The number of hydrogen-bond acceptors (Lipinski definition) is 6. The fraction of sp³-hybridized carbons (Fsp3) is 0.550. The second-order valence-electron chi connectivity index (χ2n) is 5.90. The van der Waals surface area contributed by atoms with Crippen molar-refractivity contribution >= 4 is 17.9 Å². The predicted molar refractivity (Wildman–Crippen MR) is 96.9 cm³/mol. The van der Waals surface area contributed by atoms with Gasteiger partial charge in [0, 0.05) is 19.8 Å². The summed E-state index contributed by atoms with van der Waals surface area (Å²) in [6, 6.07) is 5.63. The summed E-state index contributed by atoms with van der Waals surface area (Å²) in [6.07, 6.45) is 3.38. The normalized spacial score (nSPS) is 10.3. The van der Waals surface area contributed by atoms with Gasteiger partial charge in [0.05, 0.1) is 13.2 Å². The van der Waals surface area contributed by atoms with Crippen molar-refractivity contribution in [3.63, 3.8) is 0 Å². The number of carbonyl (C=O) groups excluding carboxylic acids is 3. The van der Waals surface area contributed by atoms with Crippen molar-refractivity contribution in [2.75, 3.05) is 13.2 Å². The number of rotatable bonds is 11. The first-order valence-electron chi connectivity index (χ1n) is 9.07. The van der Waals surface area contributed by atoms with Crippen molar-refractivity contribution in [1.82, 2.24) is 0 Å². The van der Waals surface area contributed by atoms with Crippen LogP contribution in [0.15, 0.2) is 18.2 Å². The van der Waals surface area contributed by atoms with Crippen LogP contribution in [0.5, 0.6) is 5.75 Å². The fourth-order valence-corrected chi connectivity index (χ4v) is 2.58. The smallest absolute Gasteiger partial charge is 0.308 e. The van der Waals surface area contributed by atoms with E-state index in [2.05, 4.69) is 0 Å². The molecular formula is C20H28O6. The van der Waals surface area contributed by atoms with Crippen molar-refractivity contribution in [2.45, 2.75) is 59.3 Å². The molecule has 0 atom stereocenters. The Balaban J connectivity index is 2.68. The second kappa shape index (κ2) is 12.1. The van der Waals surface area contributed by atoms with Crippen molar-refractivity contribution < 1.29 is 28.6 Å². The molecule has 0 heterocycles. The maximum absolute atomic E-state index is 11.4. The minimum atomic E-state index is -0.383. The van der Waals surface area contributed by atoms with Crippen LogP contribution in [0.1, 0.15) is 57.6 Å². The molecule has 0 radical (unpaired) electrons. The number of ether oxygens (including phenoxy) is 3. The Morgan fingerprint density at radius 1 is 0.808 bits per heavy atom. The van der Waals surface area contributed by atoms with Gasteiger partial charge < -0.3 is 14.2 Å². The van der Waals surface area contributed by atoms with Crippen LogP contribution in [-0.4, -0.2) is 31.1 Å². The summed E-state index contributed by atoms with van der Waals surface area (Å²) in [6.45, 7) is 5.68. The van der Waals surface area contributed by atoms with Crippen molar-refractivity contribution in [3.05, 3.63) is 29.3 Å². The molecule has 0 aliphatic rings. The summed E-state index contributed by atoms with van der Waals surface area (Å²) in [7, 11) is 0. The molecule has 0 fully saturated rings. The minimum Gasteiger partial charge on any atom is -0.466 e. The van der Waals surface area contributed by atoms with E-state index in [1.807, 2.05) is 6.07 Å². The predicted octanol–water partition coefficient (Wildman–Crippen LogP) is 3.38. The molecular weight excluding hydrogens is 336 g/mol. The third-order valence-corrected chi connectivity index (χ3v) is 3.59. The van der Waals surface area contributed by atoms with Gasteiger partial charge in [-0.2, -0.15) is 0 Å². The molecule has 0 amide bonds. The van der Waals surface area contributed by atoms with Gasteiger partial charge in [-0.05, 0) is 62.8 Å². The molecule has 0 aromatic heterocycles. The van der Waals surface area contributed by atoms with E-state index >= 15 is 0 Å². The third kappa shape index (κ3) is 9.20. The van der Waals surface area contributed by atoms with Crippen molar-refractivity contribution in [2.24, 2.45) is 0 Å². The lowest BCUT2D eigenvalue weighted by Gasteiger charge is -2.10. The Hall–Kier alpha value is -2.37. The molecule has 0 aliphatic heterocycles. The molecule has 0 bridgehead atoms. The van der Waals surface area contributed by atoms with Crippen LogP contribution in [0.2, 0.25) is 0 Å². The molecule has 1 aromatic rings. The van der Waals surface area contributed by atoms with Crippen molar-refractivity contribution in [1.29, 1.82) is 0 Å². The topological polar surface area (TPSA) is 78.9 Å². The zero-order chi connectivity index (χ0) is 19.4. The van der Waals surface area contributed by atoms with Gasteiger partial charge in [0.1, 0.15) is 5.75 Å². The first-order valence-corrected chi connectivity index (χ1v) is 9.07. The zero-order valence-corrected chi connectivity index (χ0v) is 15.8. The lowest BCUT2D eigenvalue weighted by molar-refractivity contribution is -0.144. The quantitative estimate of drug-likeness (QED) is 0.442. The van der Waals surface area contributed by atoms with E-state index in [1.54, 1.807) is 26.0 Å². The summed E-state index contributed by atoms with van der Waals surface area (Å²) in [5.74, 6) is -0.319. The zero-order valence-electron chi connectivity index (χ0n) is 15.8. The van der Waals surface area contributed by atoms with Crippen LogP contribution < -0.4 is 4.74 Å². The van der Waals surface area contributed by atoms with Crippen LogP contribution in [0.3, 0.4) is 0 Å².